The lowest BCUT2D eigenvalue weighted by molar-refractivity contribution is -0.131. The Kier molecular flexibility index (Phi) is 5.16. The first-order valence-corrected chi connectivity index (χ1v) is 6.11. The molecule has 1 unspecified atom stereocenters. The van der Waals surface area contributed by atoms with Crippen LogP contribution in [0.4, 0.5) is 0 Å². The lowest BCUT2D eigenvalue weighted by Gasteiger charge is -2.17. The summed E-state index contributed by atoms with van der Waals surface area (Å²) >= 11 is 0. The number of nitrogens with zero attached hydrogens (tertiary/aromatic N) is 1. The van der Waals surface area contributed by atoms with Gasteiger partial charge < -0.3 is 14.7 Å². The molecular weight excluding hydrogens is 230 g/mol. The van der Waals surface area contributed by atoms with Crippen LogP contribution in [0.2, 0.25) is 0 Å². The normalized spacial score (nSPS) is 12.1. The zero-order chi connectivity index (χ0) is 13.7. The van der Waals surface area contributed by atoms with Crippen LogP contribution in [0.15, 0.2) is 18.2 Å². The lowest BCUT2D eigenvalue weighted by Crippen LogP contribution is -2.31. The van der Waals surface area contributed by atoms with Gasteiger partial charge in [-0.3, -0.25) is 4.79 Å². The van der Waals surface area contributed by atoms with Crippen molar-refractivity contribution in [3.05, 3.63) is 29.3 Å². The molecule has 0 aromatic heterocycles. The van der Waals surface area contributed by atoms with Crippen LogP contribution < -0.4 is 4.74 Å². The van der Waals surface area contributed by atoms with E-state index >= 15 is 0 Å². The van der Waals surface area contributed by atoms with Crippen LogP contribution in [0.1, 0.15) is 31.1 Å². The fourth-order valence-corrected chi connectivity index (χ4v) is 1.55. The summed E-state index contributed by atoms with van der Waals surface area (Å²) in [5.41, 5.74) is 1.76. The number of aryl methyl sites for hydroxylation is 1. The van der Waals surface area contributed by atoms with Crippen LogP contribution in [0.5, 0.6) is 5.75 Å². The van der Waals surface area contributed by atoms with E-state index in [9.17, 15) is 9.90 Å². The van der Waals surface area contributed by atoms with Gasteiger partial charge in [0, 0.05) is 19.2 Å². The summed E-state index contributed by atoms with van der Waals surface area (Å²) in [7, 11) is 1.73. The topological polar surface area (TPSA) is 49.8 Å². The maximum atomic E-state index is 11.6. The zero-order valence-corrected chi connectivity index (χ0v) is 11.4. The van der Waals surface area contributed by atoms with Crippen LogP contribution in [0.25, 0.3) is 0 Å². The summed E-state index contributed by atoms with van der Waals surface area (Å²) in [4.78, 5) is 13.2. The van der Waals surface area contributed by atoms with Gasteiger partial charge in [0.1, 0.15) is 5.75 Å². The molecule has 0 aliphatic carbocycles. The molecule has 4 nitrogen and oxygen atoms in total. The summed E-state index contributed by atoms with van der Waals surface area (Å²) in [6, 6.07) is 5.56. The van der Waals surface area contributed by atoms with Crippen LogP contribution in [0.3, 0.4) is 0 Å². The van der Waals surface area contributed by atoms with Crippen molar-refractivity contribution < 1.29 is 14.6 Å². The molecule has 0 fully saturated rings. The van der Waals surface area contributed by atoms with Gasteiger partial charge in [0.05, 0.1) is 6.10 Å². The van der Waals surface area contributed by atoms with Crippen molar-refractivity contribution in [2.24, 2.45) is 0 Å². The Morgan fingerprint density at radius 2 is 2.17 bits per heavy atom. The van der Waals surface area contributed by atoms with Gasteiger partial charge >= 0.3 is 0 Å². The van der Waals surface area contributed by atoms with E-state index < -0.39 is 6.10 Å². The summed E-state index contributed by atoms with van der Waals surface area (Å²) in [5.74, 6) is 0.489. The van der Waals surface area contributed by atoms with E-state index in [-0.39, 0.29) is 12.5 Å². The molecule has 1 N–H and O–H groups in total. The molecular formula is C14H21NO3. The number of rotatable bonds is 5. The second-order valence-corrected chi connectivity index (χ2v) is 4.41. The van der Waals surface area contributed by atoms with Gasteiger partial charge in [0.15, 0.2) is 6.61 Å². The Morgan fingerprint density at radius 3 is 2.72 bits per heavy atom. The van der Waals surface area contributed by atoms with E-state index in [1.165, 1.54) is 0 Å². The molecule has 0 radical (unpaired) electrons. The van der Waals surface area contributed by atoms with Crippen LogP contribution in [-0.2, 0) is 4.79 Å². The third-order valence-electron chi connectivity index (χ3n) is 2.87. The van der Waals surface area contributed by atoms with Gasteiger partial charge in [0.25, 0.3) is 5.91 Å². The Bertz CT molecular complexity index is 416. The van der Waals surface area contributed by atoms with Crippen molar-refractivity contribution >= 4 is 5.91 Å². The van der Waals surface area contributed by atoms with Crippen molar-refractivity contribution in [2.75, 3.05) is 20.2 Å². The highest BCUT2D eigenvalue weighted by atomic mass is 16.5. The van der Waals surface area contributed by atoms with Crippen LogP contribution in [-0.4, -0.2) is 36.1 Å². The number of benzene rings is 1. The Labute approximate surface area is 108 Å². The van der Waals surface area contributed by atoms with E-state index in [0.29, 0.717) is 17.9 Å². The zero-order valence-electron chi connectivity index (χ0n) is 11.4. The number of carbonyl (C=O) groups excluding carboxylic acids is 1. The SMILES string of the molecule is CCN(C)C(=O)COc1ccc(C)cc1C(C)O. The average Bonchev–Trinajstić information content (AvgIpc) is 2.35. The smallest absolute Gasteiger partial charge is 0.260 e. The van der Waals surface area contributed by atoms with Crippen molar-refractivity contribution in [1.82, 2.24) is 4.90 Å². The molecule has 1 aromatic rings. The number of ether oxygens (including phenoxy) is 1. The van der Waals surface area contributed by atoms with Gasteiger partial charge in [0.2, 0.25) is 0 Å². The fourth-order valence-electron chi connectivity index (χ4n) is 1.55. The highest BCUT2D eigenvalue weighted by molar-refractivity contribution is 5.77. The Morgan fingerprint density at radius 1 is 1.50 bits per heavy atom. The maximum Gasteiger partial charge on any atom is 0.260 e. The fraction of sp³-hybridized carbons (Fsp3) is 0.500. The van der Waals surface area contributed by atoms with Crippen LogP contribution >= 0.6 is 0 Å². The first kappa shape index (κ1) is 14.5. The summed E-state index contributed by atoms with van der Waals surface area (Å²) in [6.07, 6.45) is -0.612. The second-order valence-electron chi connectivity index (χ2n) is 4.41. The molecule has 0 saturated carbocycles. The van der Waals surface area contributed by atoms with Gasteiger partial charge in [-0.2, -0.15) is 0 Å². The van der Waals surface area contributed by atoms with Crippen molar-refractivity contribution in [2.45, 2.75) is 26.9 Å². The van der Waals surface area contributed by atoms with E-state index in [1.54, 1.807) is 24.9 Å². The first-order chi connectivity index (χ1) is 8.45. The number of hydrogen-bond donors (Lipinski definition) is 1. The molecule has 0 aliphatic heterocycles. The van der Waals surface area contributed by atoms with Gasteiger partial charge in [-0.05, 0) is 32.9 Å². The van der Waals surface area contributed by atoms with E-state index in [0.717, 1.165) is 5.56 Å². The minimum absolute atomic E-state index is 0.00682. The quantitative estimate of drug-likeness (QED) is 0.869. The summed E-state index contributed by atoms with van der Waals surface area (Å²) < 4.78 is 5.49. The van der Waals surface area contributed by atoms with E-state index in [1.807, 2.05) is 26.0 Å². The monoisotopic (exact) mass is 251 g/mol. The maximum absolute atomic E-state index is 11.6. The van der Waals surface area contributed by atoms with Crippen molar-refractivity contribution in [3.63, 3.8) is 0 Å². The summed E-state index contributed by atoms with van der Waals surface area (Å²) in [6.45, 7) is 6.19. The Hall–Kier alpha value is -1.55. The predicted molar refractivity (Wildman–Crippen MR) is 70.6 cm³/mol. The third kappa shape index (κ3) is 3.74. The average molecular weight is 251 g/mol. The molecule has 0 heterocycles. The molecule has 0 bridgehead atoms. The molecule has 4 heteroatoms. The predicted octanol–water partition coefficient (Wildman–Crippen LogP) is 1.91. The third-order valence-corrected chi connectivity index (χ3v) is 2.87. The largest absolute Gasteiger partial charge is 0.483 e. The molecule has 18 heavy (non-hydrogen) atoms. The molecule has 1 rings (SSSR count). The molecule has 1 amide bonds. The molecule has 0 saturated heterocycles. The van der Waals surface area contributed by atoms with Gasteiger partial charge in [-0.1, -0.05) is 11.6 Å². The summed E-state index contributed by atoms with van der Waals surface area (Å²) in [5, 5.41) is 9.67. The second kappa shape index (κ2) is 6.40. The number of hydrogen-bond acceptors (Lipinski definition) is 3. The number of likely N-dealkylation sites (N-methyl/N-ethyl adjacent to an activating group) is 1. The Balaban J connectivity index is 2.76. The van der Waals surface area contributed by atoms with E-state index in [4.69, 9.17) is 4.74 Å². The number of carbonyl (C=O) groups is 1. The van der Waals surface area contributed by atoms with Crippen molar-refractivity contribution in [1.29, 1.82) is 0 Å². The minimum atomic E-state index is -0.612. The molecule has 1 aromatic carbocycles. The molecule has 100 valence electrons. The van der Waals surface area contributed by atoms with Crippen LogP contribution in [0, 0.1) is 6.92 Å². The minimum Gasteiger partial charge on any atom is -0.483 e. The lowest BCUT2D eigenvalue weighted by atomic mass is 10.1. The number of aliphatic hydroxyl groups excluding tert-OH is 1. The molecule has 1 atom stereocenters. The molecule has 0 spiro atoms. The van der Waals surface area contributed by atoms with Gasteiger partial charge in [-0.15, -0.1) is 0 Å². The highest BCUT2D eigenvalue weighted by Gasteiger charge is 2.12. The number of amides is 1. The molecule has 0 aliphatic rings. The standard InChI is InChI=1S/C14H21NO3/c1-5-15(4)14(17)9-18-13-7-6-10(2)8-12(13)11(3)16/h6-8,11,16H,5,9H2,1-4H3. The van der Waals surface area contributed by atoms with Gasteiger partial charge in [-0.25, -0.2) is 0 Å². The highest BCUT2D eigenvalue weighted by Crippen LogP contribution is 2.26. The van der Waals surface area contributed by atoms with Crippen molar-refractivity contribution in [3.8, 4) is 5.75 Å². The van der Waals surface area contributed by atoms with E-state index in [2.05, 4.69) is 0 Å². The first-order valence-electron chi connectivity index (χ1n) is 6.11. The number of aliphatic hydroxyl groups is 1.